The number of para-hydroxylation sites is 1. The quantitative estimate of drug-likeness (QED) is 0.630. The second-order valence-corrected chi connectivity index (χ2v) is 7.08. The molecule has 0 spiro atoms. The van der Waals surface area contributed by atoms with Gasteiger partial charge < -0.3 is 14.8 Å². The Balaban J connectivity index is 1.63. The molecule has 3 rings (SSSR count). The zero-order chi connectivity index (χ0) is 19.2. The molecule has 3 aromatic rings. The van der Waals surface area contributed by atoms with Gasteiger partial charge in [0.2, 0.25) is 5.91 Å². The first kappa shape index (κ1) is 18.8. The summed E-state index contributed by atoms with van der Waals surface area (Å²) in [6.45, 7) is 1.54. The molecule has 0 bridgehead atoms. The normalized spacial score (nSPS) is 11.8. The fourth-order valence-electron chi connectivity index (χ4n) is 2.68. The minimum absolute atomic E-state index is 0.0385. The van der Waals surface area contributed by atoms with E-state index in [9.17, 15) is 9.59 Å². The van der Waals surface area contributed by atoms with E-state index in [-0.39, 0.29) is 18.9 Å². The van der Waals surface area contributed by atoms with E-state index in [4.69, 9.17) is 9.47 Å². The highest BCUT2D eigenvalue weighted by Gasteiger charge is 2.19. The number of carbonyl (C=O) groups is 2. The average Bonchev–Trinajstić information content (AvgIpc) is 3.08. The first-order valence-electron chi connectivity index (χ1n) is 8.46. The molecule has 2 aromatic carbocycles. The first-order valence-corrected chi connectivity index (χ1v) is 9.28. The molecule has 7 heteroatoms. The summed E-state index contributed by atoms with van der Waals surface area (Å²) in [7, 11) is 1.58. The molecule has 27 heavy (non-hydrogen) atoms. The molecule has 0 aliphatic rings. The molecule has 0 saturated carbocycles. The number of nitrogens with zero attached hydrogens (tertiary/aromatic N) is 1. The van der Waals surface area contributed by atoms with Gasteiger partial charge in [-0.15, -0.1) is 11.3 Å². The molecule has 1 heterocycles. The molecule has 1 aromatic heterocycles. The fraction of sp³-hybridized carbons (Fsp3) is 0.250. The summed E-state index contributed by atoms with van der Waals surface area (Å²) >= 11 is 1.50. The lowest BCUT2D eigenvalue weighted by Crippen LogP contribution is -2.28. The van der Waals surface area contributed by atoms with Gasteiger partial charge in [-0.3, -0.25) is 9.59 Å². The van der Waals surface area contributed by atoms with Crippen LogP contribution in [0.1, 0.15) is 30.0 Å². The number of methoxy groups -OCH3 is 1. The number of thiazole rings is 1. The minimum atomic E-state index is -0.462. The Labute approximate surface area is 161 Å². The molecule has 0 aliphatic heterocycles. The van der Waals surface area contributed by atoms with E-state index in [1.165, 1.54) is 18.3 Å². The largest absolute Gasteiger partial charge is 0.497 e. The number of fused-ring (bicyclic) bond motifs is 1. The van der Waals surface area contributed by atoms with E-state index in [0.717, 1.165) is 20.8 Å². The summed E-state index contributed by atoms with van der Waals surface area (Å²) in [6, 6.07) is 14.5. The van der Waals surface area contributed by atoms with Crippen molar-refractivity contribution in [3.05, 3.63) is 59.1 Å². The maximum Gasteiger partial charge on any atom is 0.308 e. The van der Waals surface area contributed by atoms with Gasteiger partial charge in [0, 0.05) is 6.92 Å². The Morgan fingerprint density at radius 3 is 2.56 bits per heavy atom. The topological polar surface area (TPSA) is 77.5 Å². The van der Waals surface area contributed by atoms with Crippen molar-refractivity contribution < 1.29 is 19.1 Å². The van der Waals surface area contributed by atoms with Crippen LogP contribution in [0.15, 0.2) is 48.5 Å². The van der Waals surface area contributed by atoms with Crippen molar-refractivity contribution in [3.63, 3.8) is 0 Å². The molecule has 0 aliphatic carbocycles. The van der Waals surface area contributed by atoms with E-state index >= 15 is 0 Å². The zero-order valence-electron chi connectivity index (χ0n) is 15.1. The highest BCUT2D eigenvalue weighted by atomic mass is 32.1. The molecule has 1 amide bonds. The van der Waals surface area contributed by atoms with Crippen LogP contribution in [0.25, 0.3) is 10.2 Å². The summed E-state index contributed by atoms with van der Waals surface area (Å²) in [5.41, 5.74) is 1.70. The molecule has 0 fully saturated rings. The smallest absolute Gasteiger partial charge is 0.308 e. The molecular weight excluding hydrogens is 364 g/mol. The van der Waals surface area contributed by atoms with Gasteiger partial charge in [-0.2, -0.15) is 0 Å². The van der Waals surface area contributed by atoms with Gasteiger partial charge >= 0.3 is 5.97 Å². The van der Waals surface area contributed by atoms with Gasteiger partial charge in [0.25, 0.3) is 0 Å². The van der Waals surface area contributed by atoms with Crippen LogP contribution >= 0.6 is 11.3 Å². The van der Waals surface area contributed by atoms with Crippen molar-refractivity contribution in [2.24, 2.45) is 0 Å². The molecule has 1 atom stereocenters. The predicted octanol–water partition coefficient (Wildman–Crippen LogP) is 3.62. The van der Waals surface area contributed by atoms with Crippen molar-refractivity contribution in [2.45, 2.75) is 26.0 Å². The number of amides is 1. The van der Waals surface area contributed by atoms with E-state index in [1.54, 1.807) is 19.2 Å². The third kappa shape index (κ3) is 5.04. The Morgan fingerprint density at radius 1 is 1.15 bits per heavy atom. The number of rotatable bonds is 7. The SMILES string of the molecule is COc1ccc([C@H](CC(=O)OCc2nc3ccccc3s2)NC(C)=O)cc1. The standard InChI is InChI=1S/C20H20N2O4S/c1-13(23)21-17(14-7-9-15(25-2)10-8-14)11-20(24)26-12-19-22-16-5-3-4-6-18(16)27-19/h3-10,17H,11-12H2,1-2H3,(H,21,23)/t17-/m0/s1. The maximum absolute atomic E-state index is 12.3. The van der Waals surface area contributed by atoms with Crippen LogP contribution in [0.3, 0.4) is 0 Å². The lowest BCUT2D eigenvalue weighted by Gasteiger charge is -2.18. The summed E-state index contributed by atoms with van der Waals surface area (Å²) in [5.74, 6) is 0.0948. The lowest BCUT2D eigenvalue weighted by atomic mass is 10.0. The van der Waals surface area contributed by atoms with Crippen LogP contribution in [0.4, 0.5) is 0 Å². The molecule has 140 valence electrons. The van der Waals surface area contributed by atoms with E-state index in [2.05, 4.69) is 10.3 Å². The average molecular weight is 384 g/mol. The van der Waals surface area contributed by atoms with E-state index in [1.807, 2.05) is 36.4 Å². The number of hydrogen-bond donors (Lipinski definition) is 1. The lowest BCUT2D eigenvalue weighted by molar-refractivity contribution is -0.145. The number of hydrogen-bond acceptors (Lipinski definition) is 6. The van der Waals surface area contributed by atoms with Gasteiger partial charge in [-0.25, -0.2) is 4.98 Å². The van der Waals surface area contributed by atoms with Crippen LogP contribution in [-0.4, -0.2) is 24.0 Å². The van der Waals surface area contributed by atoms with Crippen molar-refractivity contribution in [1.29, 1.82) is 0 Å². The number of aromatic nitrogens is 1. The van der Waals surface area contributed by atoms with Gasteiger partial charge in [-0.05, 0) is 29.8 Å². The first-order chi connectivity index (χ1) is 13.0. The molecule has 0 unspecified atom stereocenters. The molecule has 0 saturated heterocycles. The van der Waals surface area contributed by atoms with Crippen LogP contribution < -0.4 is 10.1 Å². The molecule has 0 radical (unpaired) electrons. The minimum Gasteiger partial charge on any atom is -0.497 e. The van der Waals surface area contributed by atoms with Crippen LogP contribution in [0.5, 0.6) is 5.75 Å². The van der Waals surface area contributed by atoms with Crippen LogP contribution in [0, 0.1) is 0 Å². The Hall–Kier alpha value is -2.93. The highest BCUT2D eigenvalue weighted by Crippen LogP contribution is 2.23. The summed E-state index contributed by atoms with van der Waals surface area (Å²) in [4.78, 5) is 28.3. The summed E-state index contributed by atoms with van der Waals surface area (Å²) in [5, 5.41) is 3.53. The van der Waals surface area contributed by atoms with E-state index in [0.29, 0.717) is 5.75 Å². The highest BCUT2D eigenvalue weighted by molar-refractivity contribution is 7.18. The predicted molar refractivity (Wildman–Crippen MR) is 104 cm³/mol. The molecule has 6 nitrogen and oxygen atoms in total. The Bertz CT molecular complexity index is 904. The Morgan fingerprint density at radius 2 is 1.89 bits per heavy atom. The number of nitrogens with one attached hydrogen (secondary N) is 1. The van der Waals surface area contributed by atoms with Gasteiger partial charge in [0.05, 0.1) is 29.8 Å². The molecule has 1 N–H and O–H groups in total. The fourth-order valence-corrected chi connectivity index (χ4v) is 3.56. The van der Waals surface area contributed by atoms with Crippen molar-refractivity contribution in [3.8, 4) is 5.75 Å². The third-order valence-electron chi connectivity index (χ3n) is 3.96. The number of benzene rings is 2. The van der Waals surface area contributed by atoms with Gasteiger partial charge in [0.15, 0.2) is 0 Å². The molecular formula is C20H20N2O4S. The zero-order valence-corrected chi connectivity index (χ0v) is 15.9. The number of carbonyl (C=O) groups excluding carboxylic acids is 2. The second kappa shape index (κ2) is 8.64. The van der Waals surface area contributed by atoms with Gasteiger partial charge in [0.1, 0.15) is 17.4 Å². The summed E-state index contributed by atoms with van der Waals surface area (Å²) in [6.07, 6.45) is 0.0385. The van der Waals surface area contributed by atoms with Crippen LogP contribution in [0.2, 0.25) is 0 Å². The van der Waals surface area contributed by atoms with E-state index < -0.39 is 12.0 Å². The third-order valence-corrected chi connectivity index (χ3v) is 4.97. The maximum atomic E-state index is 12.3. The van der Waals surface area contributed by atoms with Crippen LogP contribution in [-0.2, 0) is 20.9 Å². The number of ether oxygens (including phenoxy) is 2. The van der Waals surface area contributed by atoms with Crippen molar-refractivity contribution in [2.75, 3.05) is 7.11 Å². The van der Waals surface area contributed by atoms with Crippen molar-refractivity contribution >= 4 is 33.4 Å². The van der Waals surface area contributed by atoms with Gasteiger partial charge in [-0.1, -0.05) is 24.3 Å². The second-order valence-electron chi connectivity index (χ2n) is 5.97. The Kier molecular flexibility index (Phi) is 6.03. The summed E-state index contributed by atoms with van der Waals surface area (Å²) < 4.78 is 11.6. The monoisotopic (exact) mass is 384 g/mol. The van der Waals surface area contributed by atoms with Crippen molar-refractivity contribution in [1.82, 2.24) is 10.3 Å². The number of esters is 1.